The van der Waals surface area contributed by atoms with Gasteiger partial charge in [0.25, 0.3) is 5.91 Å². The van der Waals surface area contributed by atoms with Crippen LogP contribution >= 0.6 is 0 Å². The minimum Gasteiger partial charge on any atom is -0.393 e. The summed E-state index contributed by atoms with van der Waals surface area (Å²) in [6, 6.07) is 4.22. The Bertz CT molecular complexity index is 609. The molecule has 4 N–H and O–H groups in total. The summed E-state index contributed by atoms with van der Waals surface area (Å²) in [5, 5.41) is 13.4. The fourth-order valence-electron chi connectivity index (χ4n) is 1.60. The second-order valence-corrected chi connectivity index (χ2v) is 3.72. The Balaban J connectivity index is 2.19. The van der Waals surface area contributed by atoms with Gasteiger partial charge in [-0.15, -0.1) is 0 Å². The summed E-state index contributed by atoms with van der Waals surface area (Å²) in [6.07, 6.45) is 3.16. The molecule has 8 nitrogen and oxygen atoms in total. The summed E-state index contributed by atoms with van der Waals surface area (Å²) in [7, 11) is 0. The number of nitrogens with zero attached hydrogens (tertiary/aromatic N) is 2. The zero-order chi connectivity index (χ0) is 13.8. The van der Waals surface area contributed by atoms with E-state index in [1.807, 2.05) is 0 Å². The lowest BCUT2D eigenvalue weighted by atomic mass is 10.1. The number of para-hydroxylation sites is 1. The van der Waals surface area contributed by atoms with Gasteiger partial charge < -0.3 is 16.0 Å². The van der Waals surface area contributed by atoms with Crippen molar-refractivity contribution in [1.29, 1.82) is 0 Å². The number of H-pyrrole nitrogens is 1. The summed E-state index contributed by atoms with van der Waals surface area (Å²) in [6.45, 7) is 0.151. The van der Waals surface area contributed by atoms with Crippen molar-refractivity contribution in [2.24, 2.45) is 0 Å². The van der Waals surface area contributed by atoms with E-state index in [2.05, 4.69) is 15.3 Å². The van der Waals surface area contributed by atoms with Crippen molar-refractivity contribution < 1.29 is 9.72 Å². The molecule has 1 aromatic heterocycles. The maximum atomic E-state index is 11.9. The number of nitro groups is 1. The van der Waals surface area contributed by atoms with Crippen LogP contribution in [0.1, 0.15) is 16.2 Å². The zero-order valence-electron chi connectivity index (χ0n) is 9.79. The molecule has 0 radical (unpaired) electrons. The first-order valence-electron chi connectivity index (χ1n) is 5.39. The molecule has 19 heavy (non-hydrogen) atoms. The molecule has 0 aliphatic rings. The first kappa shape index (κ1) is 12.6. The molecule has 0 saturated heterocycles. The van der Waals surface area contributed by atoms with Gasteiger partial charge in [0.15, 0.2) is 0 Å². The highest BCUT2D eigenvalue weighted by atomic mass is 16.6. The smallest absolute Gasteiger partial charge is 0.304 e. The predicted octanol–water partition coefficient (Wildman–Crippen LogP) is 0.830. The van der Waals surface area contributed by atoms with Crippen LogP contribution in [0.5, 0.6) is 0 Å². The summed E-state index contributed by atoms with van der Waals surface area (Å²) < 4.78 is 0. The number of hydrogen-bond donors (Lipinski definition) is 3. The fraction of sp³-hybridized carbons (Fsp3) is 0.0909. The third-order valence-corrected chi connectivity index (χ3v) is 2.47. The number of amides is 1. The molecule has 1 heterocycles. The van der Waals surface area contributed by atoms with E-state index in [1.165, 1.54) is 18.2 Å². The van der Waals surface area contributed by atoms with E-state index in [0.717, 1.165) is 0 Å². The normalized spacial score (nSPS) is 10.1. The van der Waals surface area contributed by atoms with Gasteiger partial charge in [-0.3, -0.25) is 14.9 Å². The van der Waals surface area contributed by atoms with E-state index in [-0.39, 0.29) is 23.5 Å². The summed E-state index contributed by atoms with van der Waals surface area (Å²) in [4.78, 5) is 28.9. The third kappa shape index (κ3) is 2.68. The Morgan fingerprint density at radius 1 is 1.53 bits per heavy atom. The molecule has 0 bridgehead atoms. The lowest BCUT2D eigenvalue weighted by Gasteiger charge is -2.05. The standard InChI is InChI=1S/C11H11N5O3/c12-8-3-1-2-7(10(8)16(18)19)11(17)15-6-9-13-4-5-14-9/h1-5H,6,12H2,(H,13,14)(H,15,17). The summed E-state index contributed by atoms with van der Waals surface area (Å²) in [5.74, 6) is -0.0182. The first-order valence-corrected chi connectivity index (χ1v) is 5.39. The van der Waals surface area contributed by atoms with Crippen LogP contribution in [0.3, 0.4) is 0 Å². The molecular formula is C11H11N5O3. The molecule has 0 aliphatic heterocycles. The molecule has 8 heteroatoms. The molecule has 2 rings (SSSR count). The predicted molar refractivity (Wildman–Crippen MR) is 67.3 cm³/mol. The molecular weight excluding hydrogens is 250 g/mol. The number of rotatable bonds is 4. The number of anilines is 1. The lowest BCUT2D eigenvalue weighted by Crippen LogP contribution is -2.24. The maximum absolute atomic E-state index is 11.9. The van der Waals surface area contributed by atoms with Crippen LogP contribution in [0.4, 0.5) is 11.4 Å². The van der Waals surface area contributed by atoms with Crippen LogP contribution in [0.15, 0.2) is 30.6 Å². The van der Waals surface area contributed by atoms with Crippen LogP contribution in [0, 0.1) is 10.1 Å². The monoisotopic (exact) mass is 261 g/mol. The fourth-order valence-corrected chi connectivity index (χ4v) is 1.60. The largest absolute Gasteiger partial charge is 0.393 e. The maximum Gasteiger partial charge on any atom is 0.304 e. The number of aromatic amines is 1. The van der Waals surface area contributed by atoms with Crippen molar-refractivity contribution in [2.45, 2.75) is 6.54 Å². The molecule has 98 valence electrons. The average Bonchev–Trinajstić information content (AvgIpc) is 2.88. The number of nitrogens with two attached hydrogens (primary N) is 1. The molecule has 0 fully saturated rings. The van der Waals surface area contributed by atoms with Crippen LogP contribution in [-0.4, -0.2) is 20.8 Å². The van der Waals surface area contributed by atoms with E-state index < -0.39 is 10.8 Å². The van der Waals surface area contributed by atoms with Crippen molar-refractivity contribution in [3.05, 3.63) is 52.1 Å². The highest BCUT2D eigenvalue weighted by Gasteiger charge is 2.22. The average molecular weight is 261 g/mol. The Morgan fingerprint density at radius 2 is 2.32 bits per heavy atom. The van der Waals surface area contributed by atoms with Crippen LogP contribution in [0.25, 0.3) is 0 Å². The van der Waals surface area contributed by atoms with Gasteiger partial charge in [-0.1, -0.05) is 6.07 Å². The molecule has 0 atom stereocenters. The molecule has 0 saturated carbocycles. The van der Waals surface area contributed by atoms with Gasteiger partial charge in [0.2, 0.25) is 0 Å². The van der Waals surface area contributed by atoms with Gasteiger partial charge in [-0.05, 0) is 12.1 Å². The van der Waals surface area contributed by atoms with E-state index >= 15 is 0 Å². The van der Waals surface area contributed by atoms with Gasteiger partial charge in [0.1, 0.15) is 17.1 Å². The summed E-state index contributed by atoms with van der Waals surface area (Å²) in [5.41, 5.74) is 5.00. The SMILES string of the molecule is Nc1cccc(C(=O)NCc2ncc[nH]2)c1[N+](=O)[O-]. The van der Waals surface area contributed by atoms with E-state index in [9.17, 15) is 14.9 Å². The van der Waals surface area contributed by atoms with Crippen LogP contribution < -0.4 is 11.1 Å². The molecule has 0 aliphatic carbocycles. The number of carbonyl (C=O) groups excluding carboxylic acids is 1. The topological polar surface area (TPSA) is 127 Å². The molecule has 1 aromatic carbocycles. The molecule has 1 amide bonds. The number of benzene rings is 1. The highest BCUT2D eigenvalue weighted by Crippen LogP contribution is 2.25. The van der Waals surface area contributed by atoms with Crippen molar-refractivity contribution in [3.63, 3.8) is 0 Å². The van der Waals surface area contributed by atoms with Gasteiger partial charge in [0, 0.05) is 12.4 Å². The van der Waals surface area contributed by atoms with Gasteiger partial charge in [0.05, 0.1) is 11.5 Å². The lowest BCUT2D eigenvalue weighted by molar-refractivity contribution is -0.384. The van der Waals surface area contributed by atoms with Crippen molar-refractivity contribution >= 4 is 17.3 Å². The number of aromatic nitrogens is 2. The van der Waals surface area contributed by atoms with Crippen molar-refractivity contribution in [1.82, 2.24) is 15.3 Å². The van der Waals surface area contributed by atoms with Gasteiger partial charge >= 0.3 is 5.69 Å². The van der Waals surface area contributed by atoms with Gasteiger partial charge in [-0.2, -0.15) is 0 Å². The molecule has 2 aromatic rings. The van der Waals surface area contributed by atoms with E-state index in [4.69, 9.17) is 5.73 Å². The number of imidazole rings is 1. The Labute approximate surface area is 107 Å². The number of nitro benzene ring substituents is 1. The second kappa shape index (κ2) is 5.17. The molecule has 0 spiro atoms. The third-order valence-electron chi connectivity index (χ3n) is 2.47. The van der Waals surface area contributed by atoms with E-state index in [1.54, 1.807) is 12.4 Å². The van der Waals surface area contributed by atoms with Crippen LogP contribution in [0.2, 0.25) is 0 Å². The Kier molecular flexibility index (Phi) is 3.42. The van der Waals surface area contributed by atoms with Crippen LogP contribution in [-0.2, 0) is 6.54 Å². The van der Waals surface area contributed by atoms with E-state index in [0.29, 0.717) is 5.82 Å². The molecule has 0 unspecified atom stereocenters. The number of nitrogens with one attached hydrogen (secondary N) is 2. The van der Waals surface area contributed by atoms with Crippen molar-refractivity contribution in [2.75, 3.05) is 5.73 Å². The summed E-state index contributed by atoms with van der Waals surface area (Å²) >= 11 is 0. The Hall–Kier alpha value is -2.90. The minimum atomic E-state index is -0.670. The van der Waals surface area contributed by atoms with Gasteiger partial charge in [-0.25, -0.2) is 4.98 Å². The quantitative estimate of drug-likeness (QED) is 0.426. The minimum absolute atomic E-state index is 0.0457. The number of hydrogen-bond acceptors (Lipinski definition) is 5. The second-order valence-electron chi connectivity index (χ2n) is 3.72. The highest BCUT2D eigenvalue weighted by molar-refractivity contribution is 6.00. The number of nitrogen functional groups attached to an aromatic ring is 1. The first-order chi connectivity index (χ1) is 9.09. The Morgan fingerprint density at radius 3 is 2.95 bits per heavy atom. The number of carbonyl (C=O) groups is 1. The van der Waals surface area contributed by atoms with Crippen molar-refractivity contribution in [3.8, 4) is 0 Å². The zero-order valence-corrected chi connectivity index (χ0v) is 9.79.